The summed E-state index contributed by atoms with van der Waals surface area (Å²) in [5.74, 6) is -0.530. The van der Waals surface area contributed by atoms with E-state index in [0.29, 0.717) is 0 Å². The Balaban J connectivity index is 3.22. The van der Waals surface area contributed by atoms with Gasteiger partial charge in [-0.05, 0) is 12.1 Å². The van der Waals surface area contributed by atoms with E-state index in [9.17, 15) is 19.6 Å². The zero-order valence-electron chi connectivity index (χ0n) is 14.5. The van der Waals surface area contributed by atoms with Crippen LogP contribution in [0.5, 0.6) is 0 Å². The van der Waals surface area contributed by atoms with Crippen molar-refractivity contribution in [2.24, 2.45) is 10.8 Å². The van der Waals surface area contributed by atoms with Gasteiger partial charge in [0.25, 0.3) is 0 Å². The van der Waals surface area contributed by atoms with Crippen LogP contribution < -0.4 is 16.1 Å². The van der Waals surface area contributed by atoms with Crippen molar-refractivity contribution in [1.82, 2.24) is 0 Å². The average Bonchev–Trinajstić information content (AvgIpc) is 2.36. The van der Waals surface area contributed by atoms with Gasteiger partial charge in [0, 0.05) is 27.7 Å². The molecule has 0 aliphatic carbocycles. The van der Waals surface area contributed by atoms with Crippen LogP contribution in [0.2, 0.25) is 0 Å². The number of carbonyl (C=O) groups excluding carboxylic acids is 2. The van der Waals surface area contributed by atoms with Crippen molar-refractivity contribution < 1.29 is 19.6 Å². The normalized spacial score (nSPS) is 11.8. The summed E-state index contributed by atoms with van der Waals surface area (Å²) in [5, 5.41) is 24.7. The van der Waals surface area contributed by atoms with Crippen LogP contribution in [0.3, 0.4) is 0 Å². The first-order chi connectivity index (χ1) is 10.3. The second kappa shape index (κ2) is 6.72. The minimum atomic E-state index is -1.83. The molecule has 7 heteroatoms. The van der Waals surface area contributed by atoms with Gasteiger partial charge in [-0.25, -0.2) is 0 Å². The third kappa shape index (κ3) is 5.08. The van der Waals surface area contributed by atoms with E-state index in [-0.39, 0.29) is 28.7 Å². The molecule has 0 saturated carbocycles. The molecule has 0 bridgehead atoms. The maximum Gasteiger partial charge on any atom is 0.492 e. The average molecular weight is 320 g/mol. The predicted octanol–water partition coefficient (Wildman–Crippen LogP) is 1.34. The third-order valence-electron chi connectivity index (χ3n) is 3.22. The van der Waals surface area contributed by atoms with Crippen LogP contribution in [0.1, 0.15) is 41.5 Å². The molecular formula is C16H25BN2O4. The molecule has 0 aliphatic heterocycles. The Morgan fingerprint density at radius 2 is 1.22 bits per heavy atom. The summed E-state index contributed by atoms with van der Waals surface area (Å²) in [6.07, 6.45) is 0. The number of rotatable bonds is 3. The molecule has 2 amide bonds. The van der Waals surface area contributed by atoms with Crippen molar-refractivity contribution in [2.45, 2.75) is 41.5 Å². The highest BCUT2D eigenvalue weighted by atomic mass is 16.4. The zero-order valence-corrected chi connectivity index (χ0v) is 14.5. The maximum absolute atomic E-state index is 12.1. The first-order valence-corrected chi connectivity index (χ1v) is 7.46. The first-order valence-electron chi connectivity index (χ1n) is 7.46. The highest BCUT2D eigenvalue weighted by Crippen LogP contribution is 2.21. The summed E-state index contributed by atoms with van der Waals surface area (Å²) in [5.41, 5.74) is -0.703. The minimum Gasteiger partial charge on any atom is -0.423 e. The molecule has 1 aromatic rings. The van der Waals surface area contributed by atoms with Gasteiger partial charge in [0.1, 0.15) is 0 Å². The number of anilines is 2. The molecular weight excluding hydrogens is 295 g/mol. The van der Waals surface area contributed by atoms with Gasteiger partial charge in [0.05, 0.1) is 0 Å². The fraction of sp³-hybridized carbons (Fsp3) is 0.500. The lowest BCUT2D eigenvalue weighted by atomic mass is 9.77. The quantitative estimate of drug-likeness (QED) is 0.632. The molecule has 126 valence electrons. The number of nitrogens with one attached hydrogen (secondary N) is 2. The van der Waals surface area contributed by atoms with Crippen LogP contribution in [0, 0.1) is 10.8 Å². The van der Waals surface area contributed by atoms with Gasteiger partial charge < -0.3 is 20.7 Å². The lowest BCUT2D eigenvalue weighted by Crippen LogP contribution is -2.39. The number of carbonyl (C=O) groups is 2. The summed E-state index contributed by atoms with van der Waals surface area (Å²) in [6.45, 7) is 10.5. The van der Waals surface area contributed by atoms with Crippen molar-refractivity contribution in [1.29, 1.82) is 0 Å². The predicted molar refractivity (Wildman–Crippen MR) is 92.4 cm³/mol. The van der Waals surface area contributed by atoms with Gasteiger partial charge in [-0.1, -0.05) is 47.6 Å². The van der Waals surface area contributed by atoms with Gasteiger partial charge in [-0.15, -0.1) is 0 Å². The smallest absolute Gasteiger partial charge is 0.423 e. The topological polar surface area (TPSA) is 98.7 Å². The van der Waals surface area contributed by atoms with E-state index in [4.69, 9.17) is 0 Å². The Morgan fingerprint density at radius 3 is 1.48 bits per heavy atom. The van der Waals surface area contributed by atoms with Crippen LogP contribution in [-0.4, -0.2) is 29.0 Å². The molecule has 1 rings (SSSR count). The second-order valence-corrected chi connectivity index (χ2v) is 7.55. The zero-order chi connectivity index (χ0) is 18.0. The van der Waals surface area contributed by atoms with Crippen LogP contribution in [0.15, 0.2) is 18.2 Å². The van der Waals surface area contributed by atoms with E-state index in [1.807, 2.05) is 0 Å². The van der Waals surface area contributed by atoms with Gasteiger partial charge in [0.15, 0.2) is 0 Å². The molecule has 4 N–H and O–H groups in total. The molecule has 0 fully saturated rings. The van der Waals surface area contributed by atoms with Gasteiger partial charge in [0.2, 0.25) is 11.8 Å². The molecule has 0 atom stereocenters. The highest BCUT2D eigenvalue weighted by molar-refractivity contribution is 6.63. The summed E-state index contributed by atoms with van der Waals surface area (Å²) in [4.78, 5) is 24.3. The maximum atomic E-state index is 12.1. The fourth-order valence-corrected chi connectivity index (χ4v) is 1.68. The Bertz CT molecular complexity index is 555. The molecule has 0 aromatic heterocycles. The van der Waals surface area contributed by atoms with E-state index in [1.165, 1.54) is 0 Å². The van der Waals surface area contributed by atoms with E-state index in [2.05, 4.69) is 10.6 Å². The standard InChI is InChI=1S/C16H25BN2O4/c1-15(2,3)13(20)18-10-8-7-9-11(12(10)17(22)23)19-14(21)16(4,5)6/h7-9,22-23H,1-6H3,(H,18,20)(H,19,21). The van der Waals surface area contributed by atoms with Crippen LogP contribution in [0.4, 0.5) is 11.4 Å². The van der Waals surface area contributed by atoms with Crippen molar-refractivity contribution in [2.75, 3.05) is 10.6 Å². The lowest BCUT2D eigenvalue weighted by Gasteiger charge is -2.23. The fourth-order valence-electron chi connectivity index (χ4n) is 1.68. The van der Waals surface area contributed by atoms with E-state index in [0.717, 1.165) is 0 Å². The Kier molecular flexibility index (Phi) is 5.61. The van der Waals surface area contributed by atoms with Gasteiger partial charge in [-0.3, -0.25) is 9.59 Å². The van der Waals surface area contributed by atoms with Crippen molar-refractivity contribution >= 4 is 35.8 Å². The Morgan fingerprint density at radius 1 is 0.870 bits per heavy atom. The largest absolute Gasteiger partial charge is 0.492 e. The summed E-state index contributed by atoms with van der Waals surface area (Å²) < 4.78 is 0. The molecule has 0 heterocycles. The van der Waals surface area contributed by atoms with Crippen molar-refractivity contribution in [3.8, 4) is 0 Å². The molecule has 1 aromatic carbocycles. The lowest BCUT2D eigenvalue weighted by molar-refractivity contribution is -0.123. The molecule has 0 saturated heterocycles. The molecule has 0 unspecified atom stereocenters. The molecule has 0 spiro atoms. The summed E-state index contributed by atoms with van der Waals surface area (Å²) in [7, 11) is -1.83. The van der Waals surface area contributed by atoms with Gasteiger partial charge in [-0.2, -0.15) is 0 Å². The van der Waals surface area contributed by atoms with E-state index in [1.54, 1.807) is 59.7 Å². The van der Waals surface area contributed by atoms with Crippen molar-refractivity contribution in [3.63, 3.8) is 0 Å². The highest BCUT2D eigenvalue weighted by Gasteiger charge is 2.28. The Labute approximate surface area is 137 Å². The number of benzene rings is 1. The van der Waals surface area contributed by atoms with Crippen LogP contribution in [0.25, 0.3) is 0 Å². The SMILES string of the molecule is CC(C)(C)C(=O)Nc1cccc(NC(=O)C(C)(C)C)c1B(O)O. The third-order valence-corrected chi connectivity index (χ3v) is 3.22. The van der Waals surface area contributed by atoms with Crippen molar-refractivity contribution in [3.05, 3.63) is 18.2 Å². The summed E-state index contributed by atoms with van der Waals surface area (Å²) >= 11 is 0. The molecule has 0 aliphatic rings. The monoisotopic (exact) mass is 320 g/mol. The number of amides is 2. The Hall–Kier alpha value is -1.86. The van der Waals surface area contributed by atoms with E-state index < -0.39 is 17.9 Å². The molecule has 0 radical (unpaired) electrons. The second-order valence-electron chi connectivity index (χ2n) is 7.55. The molecule has 6 nitrogen and oxygen atoms in total. The van der Waals surface area contributed by atoms with Crippen LogP contribution >= 0.6 is 0 Å². The number of hydrogen-bond donors (Lipinski definition) is 4. The van der Waals surface area contributed by atoms with Crippen LogP contribution in [-0.2, 0) is 9.59 Å². The van der Waals surface area contributed by atoms with E-state index >= 15 is 0 Å². The first kappa shape index (κ1) is 19.2. The minimum absolute atomic E-state index is 0.0581. The summed E-state index contributed by atoms with van der Waals surface area (Å²) in [6, 6.07) is 4.75. The number of hydrogen-bond acceptors (Lipinski definition) is 4. The van der Waals surface area contributed by atoms with Gasteiger partial charge >= 0.3 is 7.12 Å². The molecule has 23 heavy (non-hydrogen) atoms.